The predicted octanol–water partition coefficient (Wildman–Crippen LogP) is 5.28. The molecule has 1 unspecified atom stereocenters. The van der Waals surface area contributed by atoms with Crippen molar-refractivity contribution in [3.05, 3.63) is 101 Å². The van der Waals surface area contributed by atoms with Gasteiger partial charge in [-0.15, -0.1) is 0 Å². The van der Waals surface area contributed by atoms with Gasteiger partial charge in [-0.3, -0.25) is 9.89 Å². The van der Waals surface area contributed by atoms with Crippen molar-refractivity contribution in [2.45, 2.75) is 18.2 Å². The highest BCUT2D eigenvalue weighted by molar-refractivity contribution is 6.30. The number of fused-ring (bicyclic) bond motifs is 1. The highest BCUT2D eigenvalue weighted by Gasteiger charge is 2.59. The quantitative estimate of drug-likeness (QED) is 0.580. The smallest absolute Gasteiger partial charge is 0.129 e. The van der Waals surface area contributed by atoms with Gasteiger partial charge in [0.15, 0.2) is 0 Å². The summed E-state index contributed by atoms with van der Waals surface area (Å²) in [4.78, 5) is 7.55. The number of hydrogen-bond acceptors (Lipinski definition) is 3. The zero-order chi connectivity index (χ0) is 18.4. The van der Waals surface area contributed by atoms with Gasteiger partial charge in [-0.1, -0.05) is 54.1 Å². The lowest BCUT2D eigenvalue weighted by Crippen LogP contribution is -2.08. The number of halogens is 1. The number of nitrogens with zero attached hydrogens (tertiary/aromatic N) is 2. The molecule has 2 aliphatic heterocycles. The van der Waals surface area contributed by atoms with Gasteiger partial charge < -0.3 is 4.74 Å². The summed E-state index contributed by atoms with van der Waals surface area (Å²) >= 11 is 6.08. The van der Waals surface area contributed by atoms with E-state index in [-0.39, 0.29) is 6.17 Å². The van der Waals surface area contributed by atoms with Gasteiger partial charge >= 0.3 is 0 Å². The second-order valence-corrected chi connectivity index (χ2v) is 7.35. The van der Waals surface area contributed by atoms with E-state index in [0.717, 1.165) is 22.0 Å². The molecule has 3 nitrogen and oxygen atoms in total. The van der Waals surface area contributed by atoms with Crippen LogP contribution in [0.25, 0.3) is 0 Å². The molecule has 134 valence electrons. The van der Waals surface area contributed by atoms with Crippen molar-refractivity contribution in [3.8, 4) is 5.75 Å². The Morgan fingerprint density at radius 1 is 0.815 bits per heavy atom. The zero-order valence-electron chi connectivity index (χ0n) is 14.9. The van der Waals surface area contributed by atoms with Crippen molar-refractivity contribution >= 4 is 17.3 Å². The minimum Gasteiger partial charge on any atom is -0.497 e. The number of hydrogen-bond donors (Lipinski definition) is 0. The minimum absolute atomic E-state index is 0.0228. The van der Waals surface area contributed by atoms with Crippen LogP contribution in [0.4, 0.5) is 0 Å². The molecule has 0 bridgehead atoms. The van der Waals surface area contributed by atoms with Crippen LogP contribution in [0.15, 0.2) is 83.9 Å². The maximum absolute atomic E-state index is 6.08. The number of ether oxygens (including phenoxy) is 1. The monoisotopic (exact) mass is 374 g/mol. The van der Waals surface area contributed by atoms with E-state index in [0.29, 0.717) is 12.1 Å². The average Bonchev–Trinajstić information content (AvgIpc) is 3.34. The van der Waals surface area contributed by atoms with Crippen molar-refractivity contribution in [1.29, 1.82) is 0 Å². The molecular weight excluding hydrogens is 356 g/mol. The number of aliphatic imine (C=N–C) groups is 1. The van der Waals surface area contributed by atoms with Gasteiger partial charge in [0, 0.05) is 5.02 Å². The van der Waals surface area contributed by atoms with E-state index in [1.165, 1.54) is 11.1 Å². The van der Waals surface area contributed by atoms with Crippen molar-refractivity contribution in [1.82, 2.24) is 4.90 Å². The summed E-state index contributed by atoms with van der Waals surface area (Å²) in [6.07, 6.45) is 0.0228. The summed E-state index contributed by atoms with van der Waals surface area (Å²) in [5.74, 6) is 0.860. The Labute approximate surface area is 163 Å². The molecule has 5 rings (SSSR count). The molecule has 0 radical (unpaired) electrons. The minimum atomic E-state index is 0.0228. The fraction of sp³-hybridized carbons (Fsp3) is 0.174. The van der Waals surface area contributed by atoms with Crippen molar-refractivity contribution in [2.24, 2.45) is 4.99 Å². The van der Waals surface area contributed by atoms with Gasteiger partial charge in [0.05, 0.1) is 24.9 Å². The van der Waals surface area contributed by atoms with Crippen LogP contribution < -0.4 is 4.74 Å². The lowest BCUT2D eigenvalue weighted by molar-refractivity contribution is 0.404. The SMILES string of the molecule is COc1ccc(C2=N[C@@H](c3ccc(Cl)cc3)N3[C@@H]2[C@@H]3c2ccccc2)cc1. The van der Waals surface area contributed by atoms with E-state index in [4.69, 9.17) is 21.3 Å². The Bertz CT molecular complexity index is 983. The number of benzene rings is 3. The van der Waals surface area contributed by atoms with Crippen molar-refractivity contribution in [3.63, 3.8) is 0 Å². The van der Waals surface area contributed by atoms with Crippen LogP contribution in [0.3, 0.4) is 0 Å². The summed E-state index contributed by atoms with van der Waals surface area (Å²) in [7, 11) is 1.69. The molecule has 0 aliphatic carbocycles. The number of methoxy groups -OCH3 is 1. The van der Waals surface area contributed by atoms with E-state index in [1.54, 1.807) is 7.11 Å². The highest BCUT2D eigenvalue weighted by Crippen LogP contribution is 2.55. The summed E-state index contributed by atoms with van der Waals surface area (Å²) in [6, 6.07) is 27.6. The van der Waals surface area contributed by atoms with Crippen LogP contribution in [0.1, 0.15) is 28.9 Å². The molecule has 2 heterocycles. The standard InChI is InChI=1S/C23H19ClN2O/c1-27-19-13-9-15(10-14-19)20-22-21(16-5-3-2-4-6-16)26(22)23(25-20)17-7-11-18(24)12-8-17/h2-14,21-23H,1H3/t21-,22-,23+,26?/m0/s1. The normalized spacial score (nSPS) is 25.6. The molecule has 1 saturated heterocycles. The summed E-state index contributed by atoms with van der Waals surface area (Å²) in [5.41, 5.74) is 4.81. The Balaban J connectivity index is 1.54. The van der Waals surface area contributed by atoms with Gasteiger partial charge in [-0.25, -0.2) is 0 Å². The van der Waals surface area contributed by atoms with Gasteiger partial charge in [0.25, 0.3) is 0 Å². The molecule has 0 N–H and O–H groups in total. The van der Waals surface area contributed by atoms with E-state index in [2.05, 4.69) is 59.5 Å². The molecule has 3 aromatic rings. The third kappa shape index (κ3) is 2.84. The third-order valence-electron chi connectivity index (χ3n) is 5.37. The molecule has 0 saturated carbocycles. The van der Waals surface area contributed by atoms with Gasteiger partial charge in [-0.2, -0.15) is 0 Å². The van der Waals surface area contributed by atoms with Crippen molar-refractivity contribution < 1.29 is 4.74 Å². The van der Waals surface area contributed by atoms with Crippen molar-refractivity contribution in [2.75, 3.05) is 7.11 Å². The van der Waals surface area contributed by atoms with Crippen LogP contribution >= 0.6 is 11.6 Å². The number of rotatable bonds is 4. The molecule has 1 fully saturated rings. The van der Waals surface area contributed by atoms with Crippen LogP contribution in [-0.4, -0.2) is 23.8 Å². The first-order valence-corrected chi connectivity index (χ1v) is 9.44. The van der Waals surface area contributed by atoms with E-state index in [1.807, 2.05) is 24.3 Å². The lowest BCUT2D eigenvalue weighted by Gasteiger charge is -2.14. The Morgan fingerprint density at radius 3 is 2.19 bits per heavy atom. The zero-order valence-corrected chi connectivity index (χ0v) is 15.7. The van der Waals surface area contributed by atoms with Gasteiger partial charge in [0.1, 0.15) is 11.9 Å². The molecule has 27 heavy (non-hydrogen) atoms. The first-order chi connectivity index (χ1) is 13.3. The largest absolute Gasteiger partial charge is 0.497 e. The van der Waals surface area contributed by atoms with Crippen LogP contribution in [-0.2, 0) is 0 Å². The second-order valence-electron chi connectivity index (χ2n) is 6.92. The predicted molar refractivity (Wildman–Crippen MR) is 109 cm³/mol. The summed E-state index contributed by atoms with van der Waals surface area (Å²) < 4.78 is 5.30. The van der Waals surface area contributed by atoms with Gasteiger partial charge in [0.2, 0.25) is 0 Å². The second kappa shape index (κ2) is 6.52. The molecule has 3 aromatic carbocycles. The maximum atomic E-state index is 6.08. The third-order valence-corrected chi connectivity index (χ3v) is 5.62. The Kier molecular flexibility index (Phi) is 4.00. The molecule has 0 spiro atoms. The fourth-order valence-corrected chi connectivity index (χ4v) is 4.14. The van der Waals surface area contributed by atoms with Crippen LogP contribution in [0.5, 0.6) is 5.75 Å². The molecule has 2 aliphatic rings. The van der Waals surface area contributed by atoms with E-state index < -0.39 is 0 Å². The molecule has 4 heteroatoms. The average molecular weight is 375 g/mol. The van der Waals surface area contributed by atoms with Crippen LogP contribution in [0.2, 0.25) is 5.02 Å². The Morgan fingerprint density at radius 2 is 1.52 bits per heavy atom. The first kappa shape index (κ1) is 16.5. The van der Waals surface area contributed by atoms with E-state index in [9.17, 15) is 0 Å². The first-order valence-electron chi connectivity index (χ1n) is 9.06. The Hall–Kier alpha value is -2.62. The van der Waals surface area contributed by atoms with Crippen LogP contribution in [0, 0.1) is 0 Å². The summed E-state index contributed by atoms with van der Waals surface area (Å²) in [5, 5.41) is 0.748. The van der Waals surface area contributed by atoms with Gasteiger partial charge in [-0.05, 0) is 53.1 Å². The fourth-order valence-electron chi connectivity index (χ4n) is 4.01. The molecule has 0 aromatic heterocycles. The van der Waals surface area contributed by atoms with E-state index >= 15 is 0 Å². The topological polar surface area (TPSA) is 24.6 Å². The summed E-state index contributed by atoms with van der Waals surface area (Å²) in [6.45, 7) is 0. The molecule has 0 amide bonds. The maximum Gasteiger partial charge on any atom is 0.129 e. The highest BCUT2D eigenvalue weighted by atomic mass is 35.5. The molecular formula is C23H19ClN2O. The lowest BCUT2D eigenvalue weighted by atomic mass is 10.0. The molecule has 4 atom stereocenters.